The van der Waals surface area contributed by atoms with Crippen LogP contribution >= 0.6 is 0 Å². The minimum Gasteiger partial charge on any atom is -0.473 e. The van der Waals surface area contributed by atoms with Crippen LogP contribution in [0.3, 0.4) is 0 Å². The van der Waals surface area contributed by atoms with Crippen LogP contribution in [-0.4, -0.2) is 31.3 Å². The Labute approximate surface area is 53.7 Å². The van der Waals surface area contributed by atoms with E-state index >= 15 is 0 Å². The monoisotopic (exact) mass is 127 g/mol. The number of fused-ring (bicyclic) bond motifs is 1. The molecule has 2 atom stereocenters. The van der Waals surface area contributed by atoms with Gasteiger partial charge in [-0.15, -0.1) is 0 Å². The summed E-state index contributed by atoms with van der Waals surface area (Å²) in [6.45, 7) is 3.34. The lowest BCUT2D eigenvalue weighted by Crippen LogP contribution is -2.18. The SMILES string of the molecule is CC1=N[C@H]2COC[C@H]2O1. The molecule has 2 heterocycles. The normalized spacial score (nSPS) is 39.9. The van der Waals surface area contributed by atoms with Crippen LogP contribution in [0.2, 0.25) is 0 Å². The maximum Gasteiger partial charge on any atom is 0.181 e. The topological polar surface area (TPSA) is 30.8 Å². The number of nitrogens with zero attached hydrogens (tertiary/aromatic N) is 1. The second-order valence-corrected chi connectivity index (χ2v) is 2.41. The van der Waals surface area contributed by atoms with Gasteiger partial charge in [-0.25, -0.2) is 4.99 Å². The summed E-state index contributed by atoms with van der Waals surface area (Å²) in [6, 6.07) is 0.296. The van der Waals surface area contributed by atoms with E-state index in [1.165, 1.54) is 0 Å². The van der Waals surface area contributed by atoms with Gasteiger partial charge in [-0.05, 0) is 0 Å². The van der Waals surface area contributed by atoms with E-state index in [-0.39, 0.29) is 6.10 Å². The van der Waals surface area contributed by atoms with Crippen LogP contribution in [0.5, 0.6) is 0 Å². The van der Waals surface area contributed by atoms with Crippen molar-refractivity contribution < 1.29 is 9.47 Å². The van der Waals surface area contributed by atoms with E-state index in [1.807, 2.05) is 6.92 Å². The number of ether oxygens (including phenoxy) is 2. The van der Waals surface area contributed by atoms with Crippen LogP contribution in [0.15, 0.2) is 4.99 Å². The molecule has 2 aliphatic heterocycles. The third kappa shape index (κ3) is 0.721. The van der Waals surface area contributed by atoms with Gasteiger partial charge < -0.3 is 9.47 Å². The van der Waals surface area contributed by atoms with Crippen LogP contribution in [0, 0.1) is 0 Å². The first-order valence-corrected chi connectivity index (χ1v) is 3.15. The molecule has 0 saturated carbocycles. The zero-order valence-corrected chi connectivity index (χ0v) is 5.33. The van der Waals surface area contributed by atoms with Gasteiger partial charge in [0.05, 0.1) is 13.2 Å². The van der Waals surface area contributed by atoms with E-state index in [4.69, 9.17) is 9.47 Å². The molecule has 3 heteroatoms. The van der Waals surface area contributed by atoms with Gasteiger partial charge in [0, 0.05) is 6.92 Å². The van der Waals surface area contributed by atoms with Crippen molar-refractivity contribution in [3.05, 3.63) is 0 Å². The highest BCUT2D eigenvalue weighted by Crippen LogP contribution is 2.19. The lowest BCUT2D eigenvalue weighted by Gasteiger charge is -2.03. The minimum absolute atomic E-state index is 0.227. The zero-order valence-electron chi connectivity index (χ0n) is 5.33. The van der Waals surface area contributed by atoms with Gasteiger partial charge in [-0.3, -0.25) is 0 Å². The highest BCUT2D eigenvalue weighted by atomic mass is 16.6. The van der Waals surface area contributed by atoms with Crippen molar-refractivity contribution in [1.82, 2.24) is 0 Å². The maximum absolute atomic E-state index is 5.31. The van der Waals surface area contributed by atoms with E-state index in [1.54, 1.807) is 0 Å². The number of hydrogen-bond acceptors (Lipinski definition) is 3. The van der Waals surface area contributed by atoms with Crippen LogP contribution in [0.1, 0.15) is 6.92 Å². The molecule has 9 heavy (non-hydrogen) atoms. The number of aliphatic imine (C=N–C) groups is 1. The lowest BCUT2D eigenvalue weighted by atomic mass is 10.2. The van der Waals surface area contributed by atoms with Crippen molar-refractivity contribution in [3.8, 4) is 0 Å². The molecule has 0 unspecified atom stereocenters. The number of hydrogen-bond donors (Lipinski definition) is 0. The van der Waals surface area contributed by atoms with Gasteiger partial charge in [0.25, 0.3) is 0 Å². The fourth-order valence-corrected chi connectivity index (χ4v) is 1.24. The summed E-state index contributed by atoms with van der Waals surface area (Å²) in [5.41, 5.74) is 0. The van der Waals surface area contributed by atoms with Crippen LogP contribution < -0.4 is 0 Å². The highest BCUT2D eigenvalue weighted by molar-refractivity contribution is 5.75. The Morgan fingerprint density at radius 2 is 2.44 bits per heavy atom. The van der Waals surface area contributed by atoms with Gasteiger partial charge in [-0.1, -0.05) is 0 Å². The standard InChI is InChI=1S/C6H9NO2/c1-4-7-5-2-8-3-6(5)9-4/h5-6H,2-3H2,1H3/t5-,6+/m0/s1. The predicted molar refractivity (Wildman–Crippen MR) is 32.6 cm³/mol. The average molecular weight is 127 g/mol. The van der Waals surface area contributed by atoms with Crippen LogP contribution in [0.25, 0.3) is 0 Å². The van der Waals surface area contributed by atoms with Crippen LogP contribution in [-0.2, 0) is 9.47 Å². The quantitative estimate of drug-likeness (QED) is 0.465. The van der Waals surface area contributed by atoms with E-state index in [0.29, 0.717) is 12.6 Å². The van der Waals surface area contributed by atoms with E-state index < -0.39 is 0 Å². The molecule has 1 fully saturated rings. The largest absolute Gasteiger partial charge is 0.473 e. The average Bonchev–Trinajstić information content (AvgIpc) is 2.22. The van der Waals surface area contributed by atoms with Crippen molar-refractivity contribution in [2.45, 2.75) is 19.1 Å². The summed E-state index contributed by atoms with van der Waals surface area (Å²) in [5.74, 6) is 0.813. The molecular formula is C6H9NO2. The van der Waals surface area contributed by atoms with E-state index in [2.05, 4.69) is 4.99 Å². The first kappa shape index (κ1) is 5.23. The second-order valence-electron chi connectivity index (χ2n) is 2.41. The summed E-state index contributed by atoms with van der Waals surface area (Å²) in [4.78, 5) is 4.22. The Morgan fingerprint density at radius 1 is 1.56 bits per heavy atom. The highest BCUT2D eigenvalue weighted by Gasteiger charge is 2.34. The third-order valence-corrected chi connectivity index (χ3v) is 1.67. The Bertz CT molecular complexity index is 155. The molecule has 0 aromatic carbocycles. The fourth-order valence-electron chi connectivity index (χ4n) is 1.24. The molecule has 0 aromatic heterocycles. The van der Waals surface area contributed by atoms with Crippen molar-refractivity contribution in [2.75, 3.05) is 13.2 Å². The maximum atomic E-state index is 5.31. The van der Waals surface area contributed by atoms with Gasteiger partial charge in [0.1, 0.15) is 12.1 Å². The molecule has 0 aliphatic carbocycles. The van der Waals surface area contributed by atoms with Crippen molar-refractivity contribution >= 4 is 5.90 Å². The molecule has 0 N–H and O–H groups in total. The molecule has 0 radical (unpaired) electrons. The van der Waals surface area contributed by atoms with Crippen molar-refractivity contribution in [2.24, 2.45) is 4.99 Å². The van der Waals surface area contributed by atoms with E-state index in [0.717, 1.165) is 12.5 Å². The van der Waals surface area contributed by atoms with Gasteiger partial charge in [0.15, 0.2) is 5.90 Å². The molecule has 50 valence electrons. The van der Waals surface area contributed by atoms with Gasteiger partial charge in [-0.2, -0.15) is 0 Å². The molecule has 0 bridgehead atoms. The summed E-state index contributed by atoms with van der Waals surface area (Å²) in [5, 5.41) is 0. The smallest absolute Gasteiger partial charge is 0.181 e. The first-order valence-electron chi connectivity index (χ1n) is 3.15. The van der Waals surface area contributed by atoms with Gasteiger partial charge in [0.2, 0.25) is 0 Å². The molecule has 0 aromatic rings. The lowest BCUT2D eigenvalue weighted by molar-refractivity contribution is 0.137. The van der Waals surface area contributed by atoms with Crippen molar-refractivity contribution in [3.63, 3.8) is 0 Å². The van der Waals surface area contributed by atoms with Gasteiger partial charge >= 0.3 is 0 Å². The molecule has 2 aliphatic rings. The Balaban J connectivity index is 2.13. The van der Waals surface area contributed by atoms with Crippen LogP contribution in [0.4, 0.5) is 0 Å². The molecule has 1 saturated heterocycles. The Hall–Kier alpha value is -0.570. The molecule has 3 nitrogen and oxygen atoms in total. The Morgan fingerprint density at radius 3 is 3.22 bits per heavy atom. The summed E-state index contributed by atoms with van der Waals surface area (Å²) >= 11 is 0. The summed E-state index contributed by atoms with van der Waals surface area (Å²) in [7, 11) is 0. The second kappa shape index (κ2) is 1.70. The first-order chi connectivity index (χ1) is 4.36. The molecule has 0 spiro atoms. The van der Waals surface area contributed by atoms with Crippen molar-refractivity contribution in [1.29, 1.82) is 0 Å². The molecular weight excluding hydrogens is 118 g/mol. The fraction of sp³-hybridized carbons (Fsp3) is 0.833. The summed E-state index contributed by atoms with van der Waals surface area (Å²) in [6.07, 6.45) is 0.227. The predicted octanol–water partition coefficient (Wildman–Crippen LogP) is 0.202. The van der Waals surface area contributed by atoms with E-state index in [9.17, 15) is 0 Å². The summed E-state index contributed by atoms with van der Waals surface area (Å²) < 4.78 is 10.4. The Kier molecular flexibility index (Phi) is 0.990. The molecule has 0 amide bonds. The molecule has 2 rings (SSSR count). The zero-order chi connectivity index (χ0) is 6.27. The minimum atomic E-state index is 0.227. The number of rotatable bonds is 0. The third-order valence-electron chi connectivity index (χ3n) is 1.67.